The molecule has 0 saturated heterocycles. The zero-order chi connectivity index (χ0) is 16.7. The van der Waals surface area contributed by atoms with E-state index in [1.807, 2.05) is 4.57 Å². The van der Waals surface area contributed by atoms with Crippen LogP contribution >= 0.6 is 11.6 Å². The van der Waals surface area contributed by atoms with Gasteiger partial charge in [0.15, 0.2) is 16.6 Å². The number of fused-ring (bicyclic) bond motifs is 1. The fourth-order valence-electron chi connectivity index (χ4n) is 2.71. The number of aromatic nitrogens is 4. The van der Waals surface area contributed by atoms with Gasteiger partial charge in [0.2, 0.25) is 5.95 Å². The van der Waals surface area contributed by atoms with Crippen LogP contribution in [0.4, 0.5) is 5.95 Å². The Morgan fingerprint density at radius 1 is 1.04 bits per heavy atom. The lowest BCUT2D eigenvalue weighted by Crippen LogP contribution is -2.04. The Morgan fingerprint density at radius 2 is 1.70 bits per heavy atom. The number of nitrogens with two attached hydrogens (primary N) is 1. The quantitative estimate of drug-likeness (QED) is 0.424. The molecule has 0 bridgehead atoms. The topological polar surface area (TPSA) is 69.6 Å². The smallest absolute Gasteiger partial charge is 0.223 e. The number of hydrogen-bond acceptors (Lipinski definition) is 4. The van der Waals surface area contributed by atoms with Gasteiger partial charge in [0.25, 0.3) is 0 Å². The van der Waals surface area contributed by atoms with E-state index in [0.29, 0.717) is 17.0 Å². The zero-order valence-electron chi connectivity index (χ0n) is 13.7. The molecular formula is C17H24ClN5. The molecule has 0 aromatic carbocycles. The number of unbranched alkanes of at least 4 members (excludes halogenated alkanes) is 7. The molecule has 0 radical (unpaired) electrons. The molecule has 0 spiro atoms. The maximum Gasteiger partial charge on any atom is 0.223 e. The minimum absolute atomic E-state index is 0.142. The maximum absolute atomic E-state index is 6.07. The van der Waals surface area contributed by atoms with Gasteiger partial charge in [0.1, 0.15) is 5.52 Å². The van der Waals surface area contributed by atoms with Crippen LogP contribution in [0.1, 0.15) is 64.1 Å². The molecule has 23 heavy (non-hydrogen) atoms. The summed E-state index contributed by atoms with van der Waals surface area (Å²) in [4.78, 5) is 12.5. The first-order valence-corrected chi connectivity index (χ1v) is 8.71. The zero-order valence-corrected chi connectivity index (χ0v) is 14.4. The molecular weight excluding hydrogens is 310 g/mol. The molecule has 2 aromatic heterocycles. The molecule has 0 aliphatic rings. The lowest BCUT2D eigenvalue weighted by Gasteiger charge is -2.06. The van der Waals surface area contributed by atoms with Gasteiger partial charge in [-0.1, -0.05) is 63.5 Å². The van der Waals surface area contributed by atoms with E-state index in [4.69, 9.17) is 23.8 Å². The summed E-state index contributed by atoms with van der Waals surface area (Å²) in [5.74, 6) is 3.27. The molecule has 0 aliphatic heterocycles. The average molecular weight is 334 g/mol. The summed E-state index contributed by atoms with van der Waals surface area (Å²) >= 11 is 6.07. The number of imidazole rings is 1. The van der Waals surface area contributed by atoms with Crippen LogP contribution < -0.4 is 5.73 Å². The van der Waals surface area contributed by atoms with E-state index in [1.165, 1.54) is 44.9 Å². The van der Waals surface area contributed by atoms with Gasteiger partial charge in [-0.25, -0.2) is 4.98 Å². The molecule has 0 fully saturated rings. The summed E-state index contributed by atoms with van der Waals surface area (Å²) < 4.78 is 1.91. The highest BCUT2D eigenvalue weighted by Gasteiger charge is 2.14. The van der Waals surface area contributed by atoms with Gasteiger partial charge in [-0.15, -0.1) is 6.42 Å². The lowest BCUT2D eigenvalue weighted by atomic mass is 10.1. The number of hydrogen-bond donors (Lipinski definition) is 1. The van der Waals surface area contributed by atoms with E-state index in [2.05, 4.69) is 27.8 Å². The molecule has 2 heterocycles. The van der Waals surface area contributed by atoms with E-state index in [9.17, 15) is 0 Å². The number of rotatable bonds is 9. The number of terminal acetylenes is 1. The summed E-state index contributed by atoms with van der Waals surface area (Å²) in [6, 6.07) is 0. The molecule has 2 N–H and O–H groups in total. The van der Waals surface area contributed by atoms with E-state index in [-0.39, 0.29) is 11.1 Å². The van der Waals surface area contributed by atoms with E-state index in [1.54, 1.807) is 0 Å². The average Bonchev–Trinajstić information content (AvgIpc) is 2.88. The SMILES string of the molecule is C#Cc1nc2c(Cl)nc(N)nc2n1CCCCCCCCCC. The first-order chi connectivity index (χ1) is 11.2. The molecule has 2 aromatic rings. The minimum Gasteiger partial charge on any atom is -0.368 e. The summed E-state index contributed by atoms with van der Waals surface area (Å²) in [5, 5.41) is 0.249. The van der Waals surface area contributed by atoms with Crippen LogP contribution in [0.3, 0.4) is 0 Å². The van der Waals surface area contributed by atoms with Gasteiger partial charge in [-0.2, -0.15) is 9.97 Å². The number of halogens is 1. The van der Waals surface area contributed by atoms with Gasteiger partial charge >= 0.3 is 0 Å². The van der Waals surface area contributed by atoms with Gasteiger partial charge in [-0.3, -0.25) is 0 Å². The molecule has 0 unspecified atom stereocenters. The van der Waals surface area contributed by atoms with Crippen molar-refractivity contribution in [2.24, 2.45) is 0 Å². The Bertz CT molecular complexity index is 686. The van der Waals surface area contributed by atoms with Gasteiger partial charge in [0.05, 0.1) is 0 Å². The Hall–Kier alpha value is -1.80. The van der Waals surface area contributed by atoms with E-state index < -0.39 is 0 Å². The second-order valence-corrected chi connectivity index (χ2v) is 6.11. The van der Waals surface area contributed by atoms with Crippen molar-refractivity contribution in [1.82, 2.24) is 19.5 Å². The van der Waals surface area contributed by atoms with Gasteiger partial charge in [-0.05, 0) is 12.3 Å². The number of nitrogen functional groups attached to an aromatic ring is 1. The van der Waals surface area contributed by atoms with Crippen LogP contribution in [0.5, 0.6) is 0 Å². The van der Waals surface area contributed by atoms with Crippen molar-refractivity contribution in [2.75, 3.05) is 5.73 Å². The van der Waals surface area contributed by atoms with Crippen molar-refractivity contribution < 1.29 is 0 Å². The monoisotopic (exact) mass is 333 g/mol. The molecule has 0 amide bonds. The van der Waals surface area contributed by atoms with E-state index in [0.717, 1.165) is 13.0 Å². The molecule has 0 atom stereocenters. The highest BCUT2D eigenvalue weighted by molar-refractivity contribution is 6.33. The largest absolute Gasteiger partial charge is 0.368 e. The van der Waals surface area contributed by atoms with Gasteiger partial charge in [0, 0.05) is 6.54 Å². The number of nitrogens with zero attached hydrogens (tertiary/aromatic N) is 4. The van der Waals surface area contributed by atoms with Crippen LogP contribution in [0.25, 0.3) is 11.2 Å². The third kappa shape index (κ3) is 4.59. The van der Waals surface area contributed by atoms with Crippen LogP contribution in [0, 0.1) is 12.3 Å². The first-order valence-electron chi connectivity index (χ1n) is 8.33. The molecule has 124 valence electrons. The summed E-state index contributed by atoms with van der Waals surface area (Å²) in [6.45, 7) is 3.01. The van der Waals surface area contributed by atoms with Crippen molar-refractivity contribution in [2.45, 2.75) is 64.8 Å². The second-order valence-electron chi connectivity index (χ2n) is 5.75. The fourth-order valence-corrected chi connectivity index (χ4v) is 2.92. The summed E-state index contributed by atoms with van der Waals surface area (Å²) in [6.07, 6.45) is 15.6. The third-order valence-corrected chi connectivity index (χ3v) is 4.20. The minimum atomic E-state index is 0.142. The first kappa shape index (κ1) is 17.6. The van der Waals surface area contributed by atoms with Crippen molar-refractivity contribution in [3.63, 3.8) is 0 Å². The molecule has 6 heteroatoms. The van der Waals surface area contributed by atoms with Crippen LogP contribution in [-0.4, -0.2) is 19.5 Å². The fraction of sp³-hybridized carbons (Fsp3) is 0.588. The predicted molar refractivity (Wildman–Crippen MR) is 95.3 cm³/mol. The Morgan fingerprint density at radius 3 is 2.35 bits per heavy atom. The van der Waals surface area contributed by atoms with Crippen LogP contribution in [-0.2, 0) is 6.54 Å². The molecule has 0 saturated carbocycles. The number of aryl methyl sites for hydroxylation is 1. The second kappa shape index (κ2) is 8.73. The van der Waals surface area contributed by atoms with Crippen molar-refractivity contribution in [3.8, 4) is 12.3 Å². The summed E-state index contributed by atoms with van der Waals surface area (Å²) in [5.41, 5.74) is 6.82. The predicted octanol–water partition coefficient (Wildman–Crippen LogP) is 4.18. The molecule has 5 nitrogen and oxygen atoms in total. The Labute approximate surface area is 142 Å². The summed E-state index contributed by atoms with van der Waals surface area (Å²) in [7, 11) is 0. The number of anilines is 1. The highest BCUT2D eigenvalue weighted by Crippen LogP contribution is 2.22. The Kier molecular flexibility index (Phi) is 6.66. The highest BCUT2D eigenvalue weighted by atomic mass is 35.5. The van der Waals surface area contributed by atoms with Gasteiger partial charge < -0.3 is 10.3 Å². The maximum atomic E-state index is 6.07. The lowest BCUT2D eigenvalue weighted by molar-refractivity contribution is 0.545. The van der Waals surface area contributed by atoms with Crippen LogP contribution in [0.2, 0.25) is 5.15 Å². The normalized spacial score (nSPS) is 11.0. The van der Waals surface area contributed by atoms with Crippen molar-refractivity contribution in [1.29, 1.82) is 0 Å². The van der Waals surface area contributed by atoms with E-state index >= 15 is 0 Å². The van der Waals surface area contributed by atoms with Crippen molar-refractivity contribution >= 4 is 28.7 Å². The standard InChI is InChI=1S/C17H24ClN5/c1-3-5-6-7-8-9-10-11-12-23-13(4-2)20-14-15(18)21-17(19)22-16(14)23/h2H,3,5-12H2,1H3,(H2,19,21,22). The third-order valence-electron chi connectivity index (χ3n) is 3.93. The van der Waals surface area contributed by atoms with Crippen molar-refractivity contribution in [3.05, 3.63) is 11.0 Å². The molecule has 2 rings (SSSR count). The Balaban J connectivity index is 1.93. The van der Waals surface area contributed by atoms with Crippen LogP contribution in [0.15, 0.2) is 0 Å². The molecule has 0 aliphatic carbocycles.